The van der Waals surface area contributed by atoms with Crippen molar-refractivity contribution in [3.63, 3.8) is 0 Å². The lowest BCUT2D eigenvalue weighted by molar-refractivity contribution is -0.127. The normalized spacial score (nSPS) is 39.9. The first-order valence-corrected chi connectivity index (χ1v) is 5.79. The van der Waals surface area contributed by atoms with Crippen molar-refractivity contribution < 1.29 is 4.79 Å². The SMILES string of the molecule is O=C1NCNC2SC3=CC=CCC3C12. The standard InChI is InChI=1S/C10H12N2OS/c13-9-8-6-3-1-2-4-7(6)14-10(8)12-5-11-9/h1-2,4,6,8,10,12H,3,5H2,(H,11,13). The van der Waals surface area contributed by atoms with Crippen molar-refractivity contribution in [1.29, 1.82) is 0 Å². The molecule has 2 aliphatic heterocycles. The van der Waals surface area contributed by atoms with Gasteiger partial charge in [0, 0.05) is 5.92 Å². The number of fused-ring (bicyclic) bond motifs is 3. The maximum absolute atomic E-state index is 11.7. The van der Waals surface area contributed by atoms with Crippen LogP contribution in [0.1, 0.15) is 6.42 Å². The summed E-state index contributed by atoms with van der Waals surface area (Å²) in [6.07, 6.45) is 7.40. The predicted molar refractivity (Wildman–Crippen MR) is 56.3 cm³/mol. The summed E-state index contributed by atoms with van der Waals surface area (Å²) >= 11 is 1.82. The van der Waals surface area contributed by atoms with Crippen LogP contribution >= 0.6 is 11.8 Å². The zero-order valence-corrected chi connectivity index (χ0v) is 8.51. The number of carbonyl (C=O) groups excluding carboxylic acids is 1. The molecule has 14 heavy (non-hydrogen) atoms. The predicted octanol–water partition coefficient (Wildman–Crippen LogP) is 0.812. The monoisotopic (exact) mass is 208 g/mol. The van der Waals surface area contributed by atoms with Crippen molar-refractivity contribution in [2.24, 2.45) is 11.8 Å². The van der Waals surface area contributed by atoms with E-state index >= 15 is 0 Å². The van der Waals surface area contributed by atoms with Crippen molar-refractivity contribution in [2.45, 2.75) is 11.8 Å². The molecule has 2 heterocycles. The third-order valence-electron chi connectivity index (χ3n) is 3.04. The van der Waals surface area contributed by atoms with E-state index in [-0.39, 0.29) is 11.8 Å². The molecule has 0 bridgehead atoms. The first kappa shape index (κ1) is 8.56. The first-order chi connectivity index (χ1) is 6.86. The summed E-state index contributed by atoms with van der Waals surface area (Å²) in [5.74, 6) is 0.762. The van der Waals surface area contributed by atoms with Gasteiger partial charge in [-0.25, -0.2) is 0 Å². The lowest BCUT2D eigenvalue weighted by atomic mass is 9.85. The first-order valence-electron chi connectivity index (χ1n) is 4.91. The Morgan fingerprint density at radius 2 is 2.43 bits per heavy atom. The maximum atomic E-state index is 11.7. The third-order valence-corrected chi connectivity index (χ3v) is 4.47. The van der Waals surface area contributed by atoms with Crippen LogP contribution in [0.15, 0.2) is 23.1 Å². The second-order valence-electron chi connectivity index (χ2n) is 3.83. The maximum Gasteiger partial charge on any atom is 0.227 e. The molecule has 3 rings (SSSR count). The number of nitrogens with one attached hydrogen (secondary N) is 2. The number of hydrogen-bond acceptors (Lipinski definition) is 3. The van der Waals surface area contributed by atoms with Crippen molar-refractivity contribution in [1.82, 2.24) is 10.6 Å². The van der Waals surface area contributed by atoms with E-state index in [2.05, 4.69) is 28.9 Å². The van der Waals surface area contributed by atoms with Crippen LogP contribution in [0.3, 0.4) is 0 Å². The third kappa shape index (κ3) is 1.14. The second-order valence-corrected chi connectivity index (χ2v) is 5.04. The number of carbonyl (C=O) groups is 1. The van der Waals surface area contributed by atoms with E-state index in [0.717, 1.165) is 6.42 Å². The Morgan fingerprint density at radius 3 is 3.36 bits per heavy atom. The van der Waals surface area contributed by atoms with Crippen LogP contribution < -0.4 is 10.6 Å². The average Bonchev–Trinajstić information content (AvgIpc) is 2.57. The lowest BCUT2D eigenvalue weighted by Gasteiger charge is -2.28. The summed E-state index contributed by atoms with van der Waals surface area (Å²) < 4.78 is 0. The Balaban J connectivity index is 1.93. The summed E-state index contributed by atoms with van der Waals surface area (Å²) in [5, 5.41) is 6.49. The minimum atomic E-state index is 0.130. The summed E-state index contributed by atoms with van der Waals surface area (Å²) in [6.45, 7) is 0.612. The van der Waals surface area contributed by atoms with Crippen molar-refractivity contribution in [2.75, 3.05) is 6.67 Å². The molecule has 3 aliphatic rings. The molecule has 74 valence electrons. The molecule has 0 saturated carbocycles. The van der Waals surface area contributed by atoms with Gasteiger partial charge in [-0.1, -0.05) is 18.2 Å². The molecule has 0 aromatic carbocycles. The van der Waals surface area contributed by atoms with Gasteiger partial charge in [0.15, 0.2) is 0 Å². The molecule has 3 nitrogen and oxygen atoms in total. The fourth-order valence-electron chi connectivity index (χ4n) is 2.35. The molecule has 1 aliphatic carbocycles. The van der Waals surface area contributed by atoms with E-state index in [1.54, 1.807) is 0 Å². The molecular weight excluding hydrogens is 196 g/mol. The Labute approximate surface area is 87.0 Å². The molecule has 0 radical (unpaired) electrons. The molecule has 4 heteroatoms. The van der Waals surface area contributed by atoms with Crippen molar-refractivity contribution >= 4 is 17.7 Å². The number of hydrogen-bond donors (Lipinski definition) is 2. The highest BCUT2D eigenvalue weighted by molar-refractivity contribution is 8.04. The zero-order valence-electron chi connectivity index (χ0n) is 7.69. The van der Waals surface area contributed by atoms with Crippen molar-refractivity contribution in [3.8, 4) is 0 Å². The fourth-order valence-corrected chi connectivity index (χ4v) is 3.85. The Bertz CT molecular complexity index is 337. The smallest absolute Gasteiger partial charge is 0.227 e. The van der Waals surface area contributed by atoms with Crippen LogP contribution in [-0.4, -0.2) is 17.9 Å². The van der Waals surface area contributed by atoms with Crippen molar-refractivity contribution in [3.05, 3.63) is 23.1 Å². The molecule has 1 amide bonds. The second kappa shape index (κ2) is 3.14. The Morgan fingerprint density at radius 1 is 1.50 bits per heavy atom. The zero-order chi connectivity index (χ0) is 9.54. The van der Waals surface area contributed by atoms with Crippen LogP contribution in [0.5, 0.6) is 0 Å². The molecule has 2 saturated heterocycles. The van der Waals surface area contributed by atoms with Gasteiger partial charge < -0.3 is 5.32 Å². The molecule has 3 atom stereocenters. The number of amides is 1. The van der Waals surface area contributed by atoms with Gasteiger partial charge in [0.1, 0.15) is 0 Å². The van der Waals surface area contributed by atoms with Crippen LogP contribution in [0.2, 0.25) is 0 Å². The van der Waals surface area contributed by atoms with E-state index in [1.807, 2.05) is 11.8 Å². The highest BCUT2D eigenvalue weighted by atomic mass is 32.2. The van der Waals surface area contributed by atoms with Crippen LogP contribution in [0.25, 0.3) is 0 Å². The molecule has 3 unspecified atom stereocenters. The van der Waals surface area contributed by atoms with E-state index in [9.17, 15) is 4.79 Å². The van der Waals surface area contributed by atoms with Gasteiger partial charge in [-0.05, 0) is 11.3 Å². The van der Waals surface area contributed by atoms with E-state index < -0.39 is 0 Å². The van der Waals surface area contributed by atoms with Gasteiger partial charge in [0.05, 0.1) is 18.0 Å². The van der Waals surface area contributed by atoms with Gasteiger partial charge in [0.2, 0.25) is 5.91 Å². The number of thioether (sulfide) groups is 1. The largest absolute Gasteiger partial charge is 0.343 e. The van der Waals surface area contributed by atoms with E-state index in [1.165, 1.54) is 4.91 Å². The molecule has 2 N–H and O–H groups in total. The lowest BCUT2D eigenvalue weighted by Crippen LogP contribution is -2.53. The summed E-state index contributed by atoms with van der Waals surface area (Å²) in [6, 6.07) is 0. The minimum absolute atomic E-state index is 0.130. The van der Waals surface area contributed by atoms with Crippen LogP contribution in [0.4, 0.5) is 0 Å². The van der Waals surface area contributed by atoms with Crippen LogP contribution in [-0.2, 0) is 4.79 Å². The van der Waals surface area contributed by atoms with Gasteiger partial charge >= 0.3 is 0 Å². The van der Waals surface area contributed by atoms with Gasteiger partial charge in [-0.15, -0.1) is 11.8 Å². The molecular formula is C10H12N2OS. The summed E-state index contributed by atoms with van der Waals surface area (Å²) in [7, 11) is 0. The highest BCUT2D eigenvalue weighted by Crippen LogP contribution is 2.48. The molecule has 0 aromatic rings. The van der Waals surface area contributed by atoms with E-state index in [0.29, 0.717) is 18.0 Å². The summed E-state index contributed by atoms with van der Waals surface area (Å²) in [5.41, 5.74) is 0. The fraction of sp³-hybridized carbons (Fsp3) is 0.500. The van der Waals surface area contributed by atoms with Gasteiger partial charge in [0.25, 0.3) is 0 Å². The number of allylic oxidation sites excluding steroid dienone is 4. The van der Waals surface area contributed by atoms with Gasteiger partial charge in [-0.3, -0.25) is 10.1 Å². The topological polar surface area (TPSA) is 41.1 Å². The minimum Gasteiger partial charge on any atom is -0.343 e. The molecule has 2 fully saturated rings. The Hall–Kier alpha value is -0.740. The van der Waals surface area contributed by atoms with E-state index in [4.69, 9.17) is 0 Å². The molecule has 0 spiro atoms. The van der Waals surface area contributed by atoms with Crippen LogP contribution in [0, 0.1) is 11.8 Å². The highest BCUT2D eigenvalue weighted by Gasteiger charge is 2.46. The number of rotatable bonds is 0. The van der Waals surface area contributed by atoms with Gasteiger partial charge in [-0.2, -0.15) is 0 Å². The Kier molecular flexibility index (Phi) is 1.92. The quantitative estimate of drug-likeness (QED) is 0.619. The molecule has 0 aromatic heterocycles. The average molecular weight is 208 g/mol. The summed E-state index contributed by atoms with van der Waals surface area (Å²) in [4.78, 5) is 13.1.